The molecule has 0 saturated carbocycles. The molecular weight excluding hydrogens is 240 g/mol. The van der Waals surface area contributed by atoms with Crippen LogP contribution in [0.5, 0.6) is 5.75 Å². The van der Waals surface area contributed by atoms with Crippen molar-refractivity contribution in [1.29, 1.82) is 0 Å². The van der Waals surface area contributed by atoms with E-state index in [0.717, 1.165) is 23.3 Å². The van der Waals surface area contributed by atoms with Crippen LogP contribution in [0, 0.1) is 0 Å². The number of benzene rings is 1. The number of carbonyl (C=O) groups excluding carboxylic acids is 1. The first-order chi connectivity index (χ1) is 9.06. The molecule has 0 radical (unpaired) electrons. The van der Waals surface area contributed by atoms with Gasteiger partial charge in [-0.15, -0.1) is 0 Å². The molecule has 1 aromatic heterocycles. The van der Waals surface area contributed by atoms with Gasteiger partial charge in [0.15, 0.2) is 6.29 Å². The minimum atomic E-state index is 0.430. The van der Waals surface area contributed by atoms with Gasteiger partial charge in [0.1, 0.15) is 11.4 Å². The maximum absolute atomic E-state index is 10.9. The predicted molar refractivity (Wildman–Crippen MR) is 74.7 cm³/mol. The van der Waals surface area contributed by atoms with Gasteiger partial charge in [0.2, 0.25) is 0 Å². The Balaban J connectivity index is 2.57. The zero-order valence-corrected chi connectivity index (χ0v) is 11.7. The van der Waals surface area contributed by atoms with Gasteiger partial charge in [0, 0.05) is 12.6 Å². The smallest absolute Gasteiger partial charge is 0.168 e. The number of methoxy groups -OCH3 is 1. The molecule has 0 bridgehead atoms. The Kier molecular flexibility index (Phi) is 3.69. The van der Waals surface area contributed by atoms with Crippen LogP contribution < -0.4 is 4.74 Å². The molecule has 0 fully saturated rings. The molecule has 2 rings (SSSR count). The van der Waals surface area contributed by atoms with Crippen molar-refractivity contribution in [2.45, 2.75) is 19.8 Å². The SMILES string of the molecule is COc1ccc(C(C)C)cc1-c1cc(C=O)n(C)n1. The van der Waals surface area contributed by atoms with Crippen LogP contribution in [0.4, 0.5) is 0 Å². The van der Waals surface area contributed by atoms with E-state index in [1.165, 1.54) is 5.56 Å². The van der Waals surface area contributed by atoms with Gasteiger partial charge in [-0.05, 0) is 29.7 Å². The van der Waals surface area contributed by atoms with Crippen LogP contribution in [0.2, 0.25) is 0 Å². The molecule has 0 N–H and O–H groups in total. The van der Waals surface area contributed by atoms with Crippen molar-refractivity contribution in [3.8, 4) is 17.0 Å². The molecule has 0 atom stereocenters. The number of hydrogen-bond donors (Lipinski definition) is 0. The van der Waals surface area contributed by atoms with E-state index in [1.807, 2.05) is 6.07 Å². The minimum Gasteiger partial charge on any atom is -0.496 e. The van der Waals surface area contributed by atoms with Crippen LogP contribution in [-0.2, 0) is 7.05 Å². The second-order valence-electron chi connectivity index (χ2n) is 4.81. The van der Waals surface area contributed by atoms with E-state index in [0.29, 0.717) is 11.6 Å². The third-order valence-corrected chi connectivity index (χ3v) is 3.20. The van der Waals surface area contributed by atoms with Crippen molar-refractivity contribution in [3.05, 3.63) is 35.5 Å². The Labute approximate surface area is 113 Å². The summed E-state index contributed by atoms with van der Waals surface area (Å²) in [6.07, 6.45) is 0.801. The molecule has 1 aromatic carbocycles. The number of aldehydes is 1. The summed E-state index contributed by atoms with van der Waals surface area (Å²) in [6.45, 7) is 4.28. The Morgan fingerprint density at radius 3 is 2.58 bits per heavy atom. The molecule has 0 spiro atoms. The molecule has 2 aromatic rings. The van der Waals surface area contributed by atoms with Crippen LogP contribution in [-0.4, -0.2) is 23.2 Å². The number of aromatic nitrogens is 2. The van der Waals surface area contributed by atoms with E-state index >= 15 is 0 Å². The summed E-state index contributed by atoms with van der Waals surface area (Å²) in [5.74, 6) is 1.19. The molecule has 1 heterocycles. The molecule has 100 valence electrons. The number of aryl methyl sites for hydroxylation is 1. The highest BCUT2D eigenvalue weighted by molar-refractivity contribution is 5.77. The van der Waals surface area contributed by atoms with Crippen LogP contribution >= 0.6 is 0 Å². The van der Waals surface area contributed by atoms with Gasteiger partial charge < -0.3 is 4.74 Å². The predicted octanol–water partition coefficient (Wildman–Crippen LogP) is 3.03. The Bertz CT molecular complexity index is 600. The quantitative estimate of drug-likeness (QED) is 0.792. The second kappa shape index (κ2) is 5.26. The normalized spacial score (nSPS) is 10.8. The summed E-state index contributed by atoms with van der Waals surface area (Å²) in [5, 5.41) is 4.37. The van der Waals surface area contributed by atoms with Gasteiger partial charge in [-0.3, -0.25) is 9.48 Å². The number of ether oxygens (including phenoxy) is 1. The van der Waals surface area contributed by atoms with Crippen molar-refractivity contribution in [2.75, 3.05) is 7.11 Å². The van der Waals surface area contributed by atoms with Crippen LogP contribution in [0.1, 0.15) is 35.8 Å². The highest BCUT2D eigenvalue weighted by atomic mass is 16.5. The molecule has 0 unspecified atom stereocenters. The third kappa shape index (κ3) is 2.52. The molecular formula is C15H18N2O2. The number of rotatable bonds is 4. The number of nitrogens with zero attached hydrogens (tertiary/aromatic N) is 2. The van der Waals surface area contributed by atoms with Crippen molar-refractivity contribution in [1.82, 2.24) is 9.78 Å². The maximum Gasteiger partial charge on any atom is 0.168 e. The minimum absolute atomic E-state index is 0.430. The van der Waals surface area contributed by atoms with E-state index in [9.17, 15) is 4.79 Å². The zero-order valence-electron chi connectivity index (χ0n) is 11.7. The van der Waals surface area contributed by atoms with Gasteiger partial charge in [-0.2, -0.15) is 5.10 Å². The lowest BCUT2D eigenvalue weighted by atomic mass is 9.99. The van der Waals surface area contributed by atoms with E-state index < -0.39 is 0 Å². The van der Waals surface area contributed by atoms with E-state index in [-0.39, 0.29) is 0 Å². The Morgan fingerprint density at radius 1 is 1.32 bits per heavy atom. The topological polar surface area (TPSA) is 44.1 Å². The summed E-state index contributed by atoms with van der Waals surface area (Å²) in [5.41, 5.74) is 3.43. The molecule has 0 aliphatic rings. The molecule has 4 heteroatoms. The average molecular weight is 258 g/mol. The van der Waals surface area contributed by atoms with Crippen molar-refractivity contribution >= 4 is 6.29 Å². The van der Waals surface area contributed by atoms with Gasteiger partial charge in [-0.25, -0.2) is 0 Å². The van der Waals surface area contributed by atoms with Crippen molar-refractivity contribution < 1.29 is 9.53 Å². The van der Waals surface area contributed by atoms with Gasteiger partial charge in [0.05, 0.1) is 12.8 Å². The molecule has 0 aliphatic carbocycles. The summed E-state index contributed by atoms with van der Waals surface area (Å²) < 4.78 is 6.95. The fraction of sp³-hybridized carbons (Fsp3) is 0.333. The first kappa shape index (κ1) is 13.3. The fourth-order valence-electron chi connectivity index (χ4n) is 2.01. The number of hydrogen-bond acceptors (Lipinski definition) is 3. The molecule has 4 nitrogen and oxygen atoms in total. The highest BCUT2D eigenvalue weighted by Crippen LogP contribution is 2.32. The summed E-state index contributed by atoms with van der Waals surface area (Å²) in [7, 11) is 3.39. The van der Waals surface area contributed by atoms with E-state index in [1.54, 1.807) is 24.9 Å². The lowest BCUT2D eigenvalue weighted by molar-refractivity contribution is 0.111. The maximum atomic E-state index is 10.9. The third-order valence-electron chi connectivity index (χ3n) is 3.20. The fourth-order valence-corrected chi connectivity index (χ4v) is 2.01. The first-order valence-electron chi connectivity index (χ1n) is 6.24. The average Bonchev–Trinajstić information content (AvgIpc) is 2.79. The van der Waals surface area contributed by atoms with E-state index in [4.69, 9.17) is 4.74 Å². The lowest BCUT2D eigenvalue weighted by Crippen LogP contribution is -1.96. The van der Waals surface area contributed by atoms with Gasteiger partial charge >= 0.3 is 0 Å². The van der Waals surface area contributed by atoms with E-state index in [2.05, 4.69) is 31.1 Å². The van der Waals surface area contributed by atoms with Crippen LogP contribution in [0.3, 0.4) is 0 Å². The molecule has 0 aliphatic heterocycles. The number of carbonyl (C=O) groups is 1. The summed E-state index contributed by atoms with van der Waals surface area (Å²) in [6, 6.07) is 7.84. The lowest BCUT2D eigenvalue weighted by Gasteiger charge is -2.11. The molecule has 19 heavy (non-hydrogen) atoms. The Morgan fingerprint density at radius 2 is 2.05 bits per heavy atom. The first-order valence-corrected chi connectivity index (χ1v) is 6.24. The zero-order chi connectivity index (χ0) is 14.0. The molecule has 0 saturated heterocycles. The van der Waals surface area contributed by atoms with Crippen LogP contribution in [0.15, 0.2) is 24.3 Å². The van der Waals surface area contributed by atoms with Gasteiger partial charge in [0.25, 0.3) is 0 Å². The summed E-state index contributed by atoms with van der Waals surface area (Å²) in [4.78, 5) is 10.9. The second-order valence-corrected chi connectivity index (χ2v) is 4.81. The van der Waals surface area contributed by atoms with Crippen LogP contribution in [0.25, 0.3) is 11.3 Å². The Hall–Kier alpha value is -2.10. The summed E-state index contributed by atoms with van der Waals surface area (Å²) >= 11 is 0. The highest BCUT2D eigenvalue weighted by Gasteiger charge is 2.13. The van der Waals surface area contributed by atoms with Crippen molar-refractivity contribution in [2.24, 2.45) is 7.05 Å². The largest absolute Gasteiger partial charge is 0.496 e. The monoisotopic (exact) mass is 258 g/mol. The standard InChI is InChI=1S/C15H18N2O2/c1-10(2)11-5-6-15(19-4)13(7-11)14-8-12(9-18)17(3)16-14/h5-10H,1-4H3. The van der Waals surface area contributed by atoms with Crippen molar-refractivity contribution in [3.63, 3.8) is 0 Å². The van der Waals surface area contributed by atoms with Gasteiger partial charge in [-0.1, -0.05) is 19.9 Å². The molecule has 0 amide bonds.